The van der Waals surface area contributed by atoms with Gasteiger partial charge in [0.1, 0.15) is 4.88 Å². The van der Waals surface area contributed by atoms with Gasteiger partial charge in [0, 0.05) is 12.6 Å². The van der Waals surface area contributed by atoms with Gasteiger partial charge in [0.25, 0.3) is 5.91 Å². The number of hydrogen-bond acceptors (Lipinski definition) is 4. The van der Waals surface area contributed by atoms with E-state index in [-0.39, 0.29) is 11.9 Å². The van der Waals surface area contributed by atoms with E-state index < -0.39 is 0 Å². The lowest BCUT2D eigenvalue weighted by Gasteiger charge is -2.32. The second-order valence-electron chi connectivity index (χ2n) is 4.41. The number of hydrogen-bond donors (Lipinski definition) is 2. The first-order valence-electron chi connectivity index (χ1n) is 6.07. The molecule has 0 saturated carbocycles. The highest BCUT2D eigenvalue weighted by Crippen LogP contribution is 2.19. The highest BCUT2D eigenvalue weighted by Gasteiger charge is 2.21. The molecule has 1 unspecified atom stereocenters. The second kappa shape index (κ2) is 5.51. The van der Waals surface area contributed by atoms with Crippen molar-refractivity contribution >= 4 is 22.9 Å². The molecule has 0 aliphatic carbocycles. The van der Waals surface area contributed by atoms with Crippen LogP contribution in [0.25, 0.3) is 0 Å². The summed E-state index contributed by atoms with van der Waals surface area (Å²) in [6.45, 7) is 5.30. The number of amides is 1. The molecule has 1 aromatic heterocycles. The van der Waals surface area contributed by atoms with Gasteiger partial charge in [-0.2, -0.15) is 0 Å². The van der Waals surface area contributed by atoms with Crippen LogP contribution in [0.15, 0.2) is 11.4 Å². The SMILES string of the molecule is CCN1CCCC(NC(=O)c2sccc2N)C1. The number of nitrogens with two attached hydrogens (primary N) is 1. The summed E-state index contributed by atoms with van der Waals surface area (Å²) in [6, 6.07) is 2.04. The Morgan fingerprint density at radius 1 is 1.71 bits per heavy atom. The van der Waals surface area contributed by atoms with Crippen LogP contribution < -0.4 is 11.1 Å². The highest BCUT2D eigenvalue weighted by molar-refractivity contribution is 7.12. The normalized spacial score (nSPS) is 21.4. The number of carbonyl (C=O) groups is 1. The molecule has 4 nitrogen and oxygen atoms in total. The molecule has 1 amide bonds. The largest absolute Gasteiger partial charge is 0.397 e. The third kappa shape index (κ3) is 2.98. The third-order valence-corrected chi connectivity index (χ3v) is 4.12. The summed E-state index contributed by atoms with van der Waals surface area (Å²) in [5.41, 5.74) is 6.32. The fourth-order valence-corrected chi connectivity index (χ4v) is 2.94. The van der Waals surface area contributed by atoms with Crippen LogP contribution in [-0.2, 0) is 0 Å². The molecule has 2 heterocycles. The Morgan fingerprint density at radius 3 is 3.18 bits per heavy atom. The molecule has 0 radical (unpaired) electrons. The fraction of sp³-hybridized carbons (Fsp3) is 0.583. The minimum Gasteiger partial charge on any atom is -0.397 e. The van der Waals surface area contributed by atoms with E-state index >= 15 is 0 Å². The third-order valence-electron chi connectivity index (χ3n) is 3.19. The van der Waals surface area contributed by atoms with E-state index in [0.29, 0.717) is 10.6 Å². The molecule has 1 fully saturated rings. The Morgan fingerprint density at radius 2 is 2.53 bits per heavy atom. The van der Waals surface area contributed by atoms with Crippen molar-refractivity contribution < 1.29 is 4.79 Å². The summed E-state index contributed by atoms with van der Waals surface area (Å²) < 4.78 is 0. The van der Waals surface area contributed by atoms with Gasteiger partial charge in [-0.3, -0.25) is 4.79 Å². The topological polar surface area (TPSA) is 58.4 Å². The minimum atomic E-state index is -0.0274. The van der Waals surface area contributed by atoms with Gasteiger partial charge in [0.2, 0.25) is 0 Å². The number of likely N-dealkylation sites (N-methyl/N-ethyl adjacent to an activating group) is 1. The zero-order valence-electron chi connectivity index (χ0n) is 10.1. The Bertz CT molecular complexity index is 391. The predicted molar refractivity (Wildman–Crippen MR) is 71.3 cm³/mol. The maximum Gasteiger partial charge on any atom is 0.263 e. The van der Waals surface area contributed by atoms with Gasteiger partial charge in [-0.05, 0) is 37.4 Å². The molecule has 0 spiro atoms. The van der Waals surface area contributed by atoms with E-state index in [1.54, 1.807) is 6.07 Å². The highest BCUT2D eigenvalue weighted by atomic mass is 32.1. The van der Waals surface area contributed by atoms with E-state index in [1.165, 1.54) is 11.3 Å². The molecule has 1 saturated heterocycles. The zero-order chi connectivity index (χ0) is 12.3. The van der Waals surface area contributed by atoms with Crippen molar-refractivity contribution in [3.63, 3.8) is 0 Å². The molecule has 17 heavy (non-hydrogen) atoms. The first kappa shape index (κ1) is 12.4. The van der Waals surface area contributed by atoms with Crippen molar-refractivity contribution in [2.75, 3.05) is 25.4 Å². The summed E-state index contributed by atoms with van der Waals surface area (Å²) >= 11 is 1.40. The molecule has 3 N–H and O–H groups in total. The number of nitrogens with zero attached hydrogens (tertiary/aromatic N) is 1. The van der Waals surface area contributed by atoms with Crippen molar-refractivity contribution in [2.24, 2.45) is 0 Å². The summed E-state index contributed by atoms with van der Waals surface area (Å²) in [5, 5.41) is 4.93. The number of likely N-dealkylation sites (tertiary alicyclic amines) is 1. The molecular formula is C12H19N3OS. The maximum atomic E-state index is 12.0. The summed E-state index contributed by atoms with van der Waals surface area (Å²) in [6.07, 6.45) is 2.21. The minimum absolute atomic E-state index is 0.0274. The number of carbonyl (C=O) groups excluding carboxylic acids is 1. The van der Waals surface area contributed by atoms with E-state index in [2.05, 4.69) is 17.1 Å². The van der Waals surface area contributed by atoms with Crippen molar-refractivity contribution in [1.82, 2.24) is 10.2 Å². The summed E-state index contributed by atoms with van der Waals surface area (Å²) in [4.78, 5) is 15.0. The maximum absolute atomic E-state index is 12.0. The van der Waals surface area contributed by atoms with Gasteiger partial charge in [-0.25, -0.2) is 0 Å². The first-order valence-corrected chi connectivity index (χ1v) is 6.95. The lowest BCUT2D eigenvalue weighted by Crippen LogP contribution is -2.47. The molecule has 2 rings (SSSR count). The number of piperidine rings is 1. The molecule has 0 aromatic carbocycles. The Balaban J connectivity index is 1.93. The quantitative estimate of drug-likeness (QED) is 0.859. The van der Waals surface area contributed by atoms with Crippen LogP contribution in [0.1, 0.15) is 29.4 Å². The Kier molecular flexibility index (Phi) is 4.02. The Labute approximate surface area is 106 Å². The number of nitrogens with one attached hydrogen (secondary N) is 1. The standard InChI is InChI=1S/C12H19N3OS/c1-2-15-6-3-4-9(8-15)14-12(16)11-10(13)5-7-17-11/h5,7,9H,2-4,6,8,13H2,1H3,(H,14,16). The van der Waals surface area contributed by atoms with E-state index in [0.717, 1.165) is 32.5 Å². The number of anilines is 1. The van der Waals surface area contributed by atoms with Crippen molar-refractivity contribution in [2.45, 2.75) is 25.8 Å². The molecule has 0 bridgehead atoms. The lowest BCUT2D eigenvalue weighted by molar-refractivity contribution is 0.0911. The van der Waals surface area contributed by atoms with Gasteiger partial charge >= 0.3 is 0 Å². The van der Waals surface area contributed by atoms with Gasteiger partial charge < -0.3 is 16.0 Å². The van der Waals surface area contributed by atoms with E-state index in [1.807, 2.05) is 5.38 Å². The Hall–Kier alpha value is -1.07. The van der Waals surface area contributed by atoms with Crippen molar-refractivity contribution in [1.29, 1.82) is 0 Å². The summed E-state index contributed by atoms with van der Waals surface area (Å²) in [7, 11) is 0. The van der Waals surface area contributed by atoms with Gasteiger partial charge in [0.05, 0.1) is 5.69 Å². The monoisotopic (exact) mass is 253 g/mol. The molecule has 94 valence electrons. The lowest BCUT2D eigenvalue weighted by atomic mass is 10.1. The first-order chi connectivity index (χ1) is 8.20. The smallest absolute Gasteiger partial charge is 0.263 e. The van der Waals surface area contributed by atoms with Crippen molar-refractivity contribution in [3.8, 4) is 0 Å². The van der Waals surface area contributed by atoms with Crippen LogP contribution in [0, 0.1) is 0 Å². The molecule has 1 aromatic rings. The predicted octanol–water partition coefficient (Wildman–Crippen LogP) is 1.54. The van der Waals surface area contributed by atoms with Crippen LogP contribution in [0.2, 0.25) is 0 Å². The molecule has 1 atom stereocenters. The molecule has 1 aliphatic heterocycles. The van der Waals surface area contributed by atoms with Gasteiger partial charge in [-0.15, -0.1) is 11.3 Å². The van der Waals surface area contributed by atoms with E-state index in [4.69, 9.17) is 5.73 Å². The second-order valence-corrected chi connectivity index (χ2v) is 5.33. The summed E-state index contributed by atoms with van der Waals surface area (Å²) in [5.74, 6) is -0.0274. The average molecular weight is 253 g/mol. The molecule has 1 aliphatic rings. The van der Waals surface area contributed by atoms with Gasteiger partial charge in [0.15, 0.2) is 0 Å². The molecule has 5 heteroatoms. The van der Waals surface area contributed by atoms with Gasteiger partial charge in [-0.1, -0.05) is 6.92 Å². The van der Waals surface area contributed by atoms with Crippen LogP contribution in [-0.4, -0.2) is 36.5 Å². The number of rotatable bonds is 3. The van der Waals surface area contributed by atoms with Crippen LogP contribution in [0.5, 0.6) is 0 Å². The zero-order valence-corrected chi connectivity index (χ0v) is 10.9. The molecular weight excluding hydrogens is 234 g/mol. The van der Waals surface area contributed by atoms with Crippen LogP contribution >= 0.6 is 11.3 Å². The fourth-order valence-electron chi connectivity index (χ4n) is 2.22. The number of thiophene rings is 1. The van der Waals surface area contributed by atoms with Crippen LogP contribution in [0.4, 0.5) is 5.69 Å². The average Bonchev–Trinajstić information content (AvgIpc) is 2.76. The van der Waals surface area contributed by atoms with Crippen LogP contribution in [0.3, 0.4) is 0 Å². The van der Waals surface area contributed by atoms with Crippen molar-refractivity contribution in [3.05, 3.63) is 16.3 Å². The number of nitrogen functional groups attached to an aromatic ring is 1. The van der Waals surface area contributed by atoms with E-state index in [9.17, 15) is 4.79 Å².